The molecule has 2 aromatic rings. The molecule has 5 heteroatoms. The standard InChI is InChI=1S/C18H19NO4/c1-13(12-23-17-10-8-16(22-3)9-11-17)18(20)19-14-4-6-15(21-2)7-5-14/h4-12H,1-3H3,(H,19,20). The Morgan fingerprint density at radius 3 is 1.87 bits per heavy atom. The second-order valence-corrected chi connectivity index (χ2v) is 4.78. The summed E-state index contributed by atoms with van der Waals surface area (Å²) in [5.41, 5.74) is 1.14. The van der Waals surface area contributed by atoms with Crippen LogP contribution in [0.4, 0.5) is 5.69 Å². The lowest BCUT2D eigenvalue weighted by molar-refractivity contribution is -0.112. The molecule has 0 aliphatic rings. The van der Waals surface area contributed by atoms with Crippen molar-refractivity contribution in [2.75, 3.05) is 19.5 Å². The molecule has 0 aromatic heterocycles. The molecule has 1 amide bonds. The number of methoxy groups -OCH3 is 2. The van der Waals surface area contributed by atoms with Crippen LogP contribution >= 0.6 is 0 Å². The van der Waals surface area contributed by atoms with E-state index >= 15 is 0 Å². The third kappa shape index (κ3) is 4.78. The summed E-state index contributed by atoms with van der Waals surface area (Å²) in [7, 11) is 3.19. The molecular weight excluding hydrogens is 294 g/mol. The quantitative estimate of drug-likeness (QED) is 0.653. The van der Waals surface area contributed by atoms with E-state index in [9.17, 15) is 4.79 Å². The van der Waals surface area contributed by atoms with Crippen molar-refractivity contribution in [3.63, 3.8) is 0 Å². The smallest absolute Gasteiger partial charge is 0.254 e. The van der Waals surface area contributed by atoms with Crippen molar-refractivity contribution in [2.24, 2.45) is 0 Å². The molecule has 1 N–H and O–H groups in total. The topological polar surface area (TPSA) is 56.8 Å². The first-order chi connectivity index (χ1) is 11.1. The number of rotatable bonds is 6. The number of benzene rings is 2. The van der Waals surface area contributed by atoms with Crippen LogP contribution in [0.1, 0.15) is 6.92 Å². The SMILES string of the molecule is COc1ccc(NC(=O)C(C)=COc2ccc(OC)cc2)cc1. The van der Waals surface area contributed by atoms with Gasteiger partial charge < -0.3 is 19.5 Å². The molecule has 0 saturated heterocycles. The van der Waals surface area contributed by atoms with Crippen molar-refractivity contribution in [3.05, 3.63) is 60.4 Å². The van der Waals surface area contributed by atoms with Crippen LogP contribution in [0.2, 0.25) is 0 Å². The van der Waals surface area contributed by atoms with Gasteiger partial charge in [0.2, 0.25) is 0 Å². The number of hydrogen-bond acceptors (Lipinski definition) is 4. The summed E-state index contributed by atoms with van der Waals surface area (Å²) in [6.07, 6.45) is 1.42. The maximum atomic E-state index is 12.1. The normalized spacial score (nSPS) is 10.8. The minimum absolute atomic E-state index is 0.233. The Kier molecular flexibility index (Phi) is 5.63. The van der Waals surface area contributed by atoms with Gasteiger partial charge in [0, 0.05) is 11.3 Å². The summed E-state index contributed by atoms with van der Waals surface area (Å²) in [6, 6.07) is 14.2. The van der Waals surface area contributed by atoms with Gasteiger partial charge in [-0.25, -0.2) is 0 Å². The molecule has 0 unspecified atom stereocenters. The molecule has 5 nitrogen and oxygen atoms in total. The zero-order valence-corrected chi connectivity index (χ0v) is 13.3. The molecule has 0 atom stereocenters. The Bertz CT molecular complexity index is 675. The molecule has 23 heavy (non-hydrogen) atoms. The van der Waals surface area contributed by atoms with E-state index in [-0.39, 0.29) is 5.91 Å². The van der Waals surface area contributed by atoms with Crippen LogP contribution in [0, 0.1) is 0 Å². The van der Waals surface area contributed by atoms with E-state index in [1.54, 1.807) is 69.7 Å². The van der Waals surface area contributed by atoms with Crippen molar-refractivity contribution >= 4 is 11.6 Å². The Hall–Kier alpha value is -2.95. The van der Waals surface area contributed by atoms with Gasteiger partial charge in [-0.3, -0.25) is 4.79 Å². The number of carbonyl (C=O) groups excluding carboxylic acids is 1. The lowest BCUT2D eigenvalue weighted by Gasteiger charge is -2.07. The predicted molar refractivity (Wildman–Crippen MR) is 89.0 cm³/mol. The highest BCUT2D eigenvalue weighted by atomic mass is 16.5. The molecule has 0 heterocycles. The molecule has 0 aliphatic heterocycles. The number of amides is 1. The lowest BCUT2D eigenvalue weighted by Crippen LogP contribution is -2.13. The summed E-state index contributed by atoms with van der Waals surface area (Å²) in [6.45, 7) is 1.68. The van der Waals surface area contributed by atoms with Gasteiger partial charge in [-0.05, 0) is 55.5 Å². The Labute approximate surface area is 135 Å². The van der Waals surface area contributed by atoms with Crippen LogP contribution in [0.25, 0.3) is 0 Å². The zero-order valence-electron chi connectivity index (χ0n) is 13.3. The minimum atomic E-state index is -0.233. The van der Waals surface area contributed by atoms with E-state index in [2.05, 4.69) is 5.32 Å². The number of hydrogen-bond donors (Lipinski definition) is 1. The summed E-state index contributed by atoms with van der Waals surface area (Å²) < 4.78 is 15.6. The number of anilines is 1. The van der Waals surface area contributed by atoms with E-state index in [0.29, 0.717) is 17.0 Å². The van der Waals surface area contributed by atoms with Crippen molar-refractivity contribution in [1.29, 1.82) is 0 Å². The van der Waals surface area contributed by atoms with Crippen molar-refractivity contribution in [3.8, 4) is 17.2 Å². The third-order valence-electron chi connectivity index (χ3n) is 3.14. The highest BCUT2D eigenvalue weighted by Crippen LogP contribution is 2.18. The summed E-state index contributed by atoms with van der Waals surface area (Å²) in [5, 5.41) is 2.78. The first-order valence-corrected chi connectivity index (χ1v) is 7.05. The van der Waals surface area contributed by atoms with Crippen LogP contribution < -0.4 is 19.5 Å². The highest BCUT2D eigenvalue weighted by Gasteiger charge is 2.06. The van der Waals surface area contributed by atoms with Gasteiger partial charge in [0.25, 0.3) is 5.91 Å². The molecule has 0 bridgehead atoms. The Morgan fingerprint density at radius 2 is 1.35 bits per heavy atom. The summed E-state index contributed by atoms with van der Waals surface area (Å²) in [4.78, 5) is 12.1. The average Bonchev–Trinajstić information content (AvgIpc) is 2.60. The van der Waals surface area contributed by atoms with Gasteiger partial charge in [0.1, 0.15) is 17.2 Å². The maximum absolute atomic E-state index is 12.1. The van der Waals surface area contributed by atoms with Crippen molar-refractivity contribution in [1.82, 2.24) is 0 Å². The molecule has 0 saturated carbocycles. The monoisotopic (exact) mass is 313 g/mol. The van der Waals surface area contributed by atoms with Gasteiger partial charge in [-0.2, -0.15) is 0 Å². The van der Waals surface area contributed by atoms with E-state index in [0.717, 1.165) is 11.5 Å². The van der Waals surface area contributed by atoms with Crippen molar-refractivity contribution in [2.45, 2.75) is 6.92 Å². The molecular formula is C18H19NO4. The zero-order chi connectivity index (χ0) is 16.7. The maximum Gasteiger partial charge on any atom is 0.254 e. The van der Waals surface area contributed by atoms with E-state index in [4.69, 9.17) is 14.2 Å². The fourth-order valence-electron chi connectivity index (χ4n) is 1.77. The highest BCUT2D eigenvalue weighted by molar-refractivity contribution is 6.03. The van der Waals surface area contributed by atoms with Crippen LogP contribution in [0.15, 0.2) is 60.4 Å². The van der Waals surface area contributed by atoms with Gasteiger partial charge >= 0.3 is 0 Å². The van der Waals surface area contributed by atoms with E-state index < -0.39 is 0 Å². The lowest BCUT2D eigenvalue weighted by atomic mass is 10.2. The molecule has 2 rings (SSSR count). The van der Waals surface area contributed by atoms with Gasteiger partial charge in [-0.15, -0.1) is 0 Å². The Balaban J connectivity index is 1.94. The van der Waals surface area contributed by atoms with E-state index in [1.165, 1.54) is 6.26 Å². The minimum Gasteiger partial charge on any atom is -0.497 e. The van der Waals surface area contributed by atoms with Crippen molar-refractivity contribution < 1.29 is 19.0 Å². The summed E-state index contributed by atoms with van der Waals surface area (Å²) >= 11 is 0. The summed E-state index contributed by atoms with van der Waals surface area (Å²) in [5.74, 6) is 1.87. The molecule has 0 spiro atoms. The predicted octanol–water partition coefficient (Wildman–Crippen LogP) is 3.63. The van der Waals surface area contributed by atoms with Crippen LogP contribution in [-0.2, 0) is 4.79 Å². The number of carbonyl (C=O) groups is 1. The molecule has 120 valence electrons. The largest absolute Gasteiger partial charge is 0.497 e. The van der Waals surface area contributed by atoms with Crippen LogP contribution in [-0.4, -0.2) is 20.1 Å². The average molecular weight is 313 g/mol. The first-order valence-electron chi connectivity index (χ1n) is 7.05. The van der Waals surface area contributed by atoms with Gasteiger partial charge in [0.15, 0.2) is 0 Å². The number of ether oxygens (including phenoxy) is 3. The molecule has 2 aromatic carbocycles. The fourth-order valence-corrected chi connectivity index (χ4v) is 1.77. The van der Waals surface area contributed by atoms with Crippen LogP contribution in [0.5, 0.6) is 17.2 Å². The second-order valence-electron chi connectivity index (χ2n) is 4.78. The van der Waals surface area contributed by atoms with Gasteiger partial charge in [0.05, 0.1) is 20.5 Å². The first kappa shape index (κ1) is 16.4. The van der Waals surface area contributed by atoms with Gasteiger partial charge in [-0.1, -0.05) is 0 Å². The second kappa shape index (κ2) is 7.89. The molecule has 0 aliphatic carbocycles. The molecule has 0 fully saturated rings. The fraction of sp³-hybridized carbons (Fsp3) is 0.167. The van der Waals surface area contributed by atoms with Crippen LogP contribution in [0.3, 0.4) is 0 Å². The number of nitrogens with one attached hydrogen (secondary N) is 1. The third-order valence-corrected chi connectivity index (χ3v) is 3.14. The Morgan fingerprint density at radius 1 is 0.870 bits per heavy atom. The molecule has 0 radical (unpaired) electrons. The van der Waals surface area contributed by atoms with E-state index in [1.807, 2.05) is 0 Å².